The number of halogens is 7. The molecule has 4 N–H and O–H groups in total. The number of hydrogen-bond donors (Lipinski definition) is 4. The molecule has 2 aromatic heterocycles. The summed E-state index contributed by atoms with van der Waals surface area (Å²) in [4.78, 5) is 37.2. The number of rotatable bonds is 8. The summed E-state index contributed by atoms with van der Waals surface area (Å²) in [5.74, 6) is -7.45. The second-order valence-electron chi connectivity index (χ2n) is 11.7. The van der Waals surface area contributed by atoms with Crippen molar-refractivity contribution >= 4 is 32.9 Å². The number of aromatic amines is 1. The minimum atomic E-state index is -10.1. The highest BCUT2D eigenvalue weighted by Crippen LogP contribution is 3.02. The Bertz CT molecular complexity index is 1540. The molecule has 3 heterocycles. The van der Waals surface area contributed by atoms with Gasteiger partial charge in [-0.2, -0.15) is 0 Å². The minimum absolute atomic E-state index is 0.00291. The van der Waals surface area contributed by atoms with Crippen molar-refractivity contribution in [1.29, 1.82) is 0 Å². The molecule has 1 amide bonds. The number of H-pyrrole nitrogens is 1. The maximum atomic E-state index is 14.1. The molecular formula is C27H30F7N5O3S. The number of carbonyl (C=O) groups is 2. The second kappa shape index (κ2) is 9.89. The van der Waals surface area contributed by atoms with Crippen molar-refractivity contribution in [2.45, 2.75) is 79.4 Å². The average molecular weight is 638 g/mol. The number of imidazole rings is 1. The van der Waals surface area contributed by atoms with Gasteiger partial charge in [-0.25, -0.2) is 13.8 Å². The first kappa shape index (κ1) is 31.2. The molecule has 4 unspecified atom stereocenters. The Hall–Kier alpha value is -3.24. The lowest BCUT2D eigenvalue weighted by atomic mass is 9.75. The predicted octanol–water partition coefficient (Wildman–Crippen LogP) is 5.86. The topological polar surface area (TPSA) is 120 Å². The van der Waals surface area contributed by atoms with E-state index in [4.69, 9.17) is 0 Å². The van der Waals surface area contributed by atoms with Crippen LogP contribution < -0.4 is 10.6 Å². The number of nitrogens with zero attached hydrogens (tertiary/aromatic N) is 2. The van der Waals surface area contributed by atoms with Crippen molar-refractivity contribution in [3.05, 3.63) is 54.1 Å². The molecule has 0 spiro atoms. The minimum Gasteiger partial charge on any atom is -0.389 e. The van der Waals surface area contributed by atoms with Crippen LogP contribution in [0.5, 0.6) is 0 Å². The molecule has 0 bridgehead atoms. The van der Waals surface area contributed by atoms with Crippen LogP contribution in [0.2, 0.25) is 0 Å². The molecule has 2 fully saturated rings. The van der Waals surface area contributed by atoms with E-state index in [-0.39, 0.29) is 54.6 Å². The van der Waals surface area contributed by atoms with Crippen LogP contribution in [0.15, 0.2) is 47.9 Å². The summed E-state index contributed by atoms with van der Waals surface area (Å²) in [6.45, 7) is 1.48. The molecule has 1 saturated carbocycles. The van der Waals surface area contributed by atoms with Gasteiger partial charge in [-0.1, -0.05) is 31.6 Å². The molecule has 5 rings (SSSR count). The van der Waals surface area contributed by atoms with Crippen molar-refractivity contribution in [3.8, 4) is 0 Å². The van der Waals surface area contributed by atoms with E-state index >= 15 is 0 Å². The monoisotopic (exact) mass is 637 g/mol. The molecule has 1 saturated heterocycles. The fourth-order valence-electron chi connectivity index (χ4n) is 5.86. The van der Waals surface area contributed by atoms with Crippen molar-refractivity contribution < 1.29 is 42.9 Å². The molecule has 4 atom stereocenters. The number of amides is 1. The van der Waals surface area contributed by atoms with Gasteiger partial charge in [0, 0.05) is 37.2 Å². The zero-order valence-corrected chi connectivity index (χ0v) is 23.6. The van der Waals surface area contributed by atoms with Gasteiger partial charge in [0.15, 0.2) is 5.78 Å². The fraction of sp³-hybridized carbons (Fsp3) is 0.481. The number of hydrogen-bond acceptors (Lipinski definition) is 6. The Labute approximate surface area is 241 Å². The summed E-state index contributed by atoms with van der Waals surface area (Å²) in [6.07, 6.45) is 2.83. The van der Waals surface area contributed by atoms with Gasteiger partial charge < -0.3 is 20.7 Å². The van der Waals surface area contributed by atoms with E-state index in [1.165, 1.54) is 25.6 Å². The van der Waals surface area contributed by atoms with Gasteiger partial charge in [0.1, 0.15) is 4.90 Å². The van der Waals surface area contributed by atoms with Gasteiger partial charge in [0.05, 0.1) is 47.0 Å². The number of Topliss-reactive ketones (excluding diaryl/α,β-unsaturated/α-hetero) is 1. The number of fused-ring (bicyclic) bond motifs is 1. The molecule has 43 heavy (non-hydrogen) atoms. The van der Waals surface area contributed by atoms with Crippen LogP contribution in [0, 0.1) is 0 Å². The van der Waals surface area contributed by atoms with Gasteiger partial charge in [0.25, 0.3) is 0 Å². The van der Waals surface area contributed by atoms with Crippen LogP contribution in [0.3, 0.4) is 0 Å². The molecule has 8 nitrogen and oxygen atoms in total. The number of nitrogens with one attached hydrogen (secondary N) is 3. The lowest BCUT2D eigenvalue weighted by Crippen LogP contribution is -2.46. The average Bonchev–Trinajstić information content (AvgIpc) is 3.53. The lowest BCUT2D eigenvalue weighted by molar-refractivity contribution is -0.130. The number of β-amino-alcohol motifs (C(OH)–C–C–N with tert-alkyl or cyclic N) is 1. The Morgan fingerprint density at radius 2 is 1.70 bits per heavy atom. The van der Waals surface area contributed by atoms with Crippen LogP contribution in [-0.2, 0) is 9.59 Å². The molecule has 2 aliphatic rings. The SMILES string of the molecule is CC1(O)CNC(C(=O)C(c2ccc(S(F)(F)(F)(F)F)cc2)C(C(=O)NC2CCC(F)(F)CC2)c2cncc3[nH]cnc23)C1. The summed E-state index contributed by atoms with van der Waals surface area (Å²) in [6, 6.07) is 0.0511. The summed E-state index contributed by atoms with van der Waals surface area (Å²) >= 11 is 0. The molecule has 0 radical (unpaired) electrons. The third-order valence-electron chi connectivity index (χ3n) is 8.08. The van der Waals surface area contributed by atoms with Gasteiger partial charge in [-0.05, 0) is 43.9 Å². The van der Waals surface area contributed by atoms with Crippen molar-refractivity contribution in [1.82, 2.24) is 25.6 Å². The number of carbonyl (C=O) groups excluding carboxylic acids is 2. The maximum Gasteiger partial charge on any atom is 0.310 e. The fourth-order valence-corrected chi connectivity index (χ4v) is 6.51. The van der Waals surface area contributed by atoms with Crippen molar-refractivity contribution in [2.24, 2.45) is 0 Å². The highest BCUT2D eigenvalue weighted by molar-refractivity contribution is 8.45. The molecule has 1 aliphatic heterocycles. The van der Waals surface area contributed by atoms with Crippen LogP contribution >= 0.6 is 10.2 Å². The highest BCUT2D eigenvalue weighted by Gasteiger charge is 2.65. The zero-order chi connectivity index (χ0) is 31.5. The van der Waals surface area contributed by atoms with Crippen LogP contribution in [0.25, 0.3) is 11.0 Å². The molecule has 236 valence electrons. The van der Waals surface area contributed by atoms with E-state index < -0.39 is 75.1 Å². The lowest BCUT2D eigenvalue weighted by Gasteiger charge is -2.40. The smallest absolute Gasteiger partial charge is 0.310 e. The van der Waals surface area contributed by atoms with Crippen LogP contribution in [0.1, 0.15) is 62.0 Å². The number of aromatic nitrogens is 3. The molecule has 3 aromatic rings. The number of benzene rings is 1. The van der Waals surface area contributed by atoms with Crippen molar-refractivity contribution in [3.63, 3.8) is 0 Å². The summed E-state index contributed by atoms with van der Waals surface area (Å²) in [5, 5.41) is 16.1. The molecule has 16 heteroatoms. The van der Waals surface area contributed by atoms with E-state index in [2.05, 4.69) is 25.6 Å². The van der Waals surface area contributed by atoms with E-state index in [1.54, 1.807) is 0 Å². The van der Waals surface area contributed by atoms with Crippen LogP contribution in [0.4, 0.5) is 28.2 Å². The Kier molecular flexibility index (Phi) is 7.17. The predicted molar refractivity (Wildman–Crippen MR) is 145 cm³/mol. The first-order valence-corrected chi connectivity index (χ1v) is 15.5. The number of pyridine rings is 1. The highest BCUT2D eigenvalue weighted by atomic mass is 32.5. The number of ketones is 1. The summed E-state index contributed by atoms with van der Waals surface area (Å²) < 4.78 is 95.3. The molecule has 1 aromatic carbocycles. The normalized spacial score (nSPS) is 25.9. The van der Waals surface area contributed by atoms with Crippen molar-refractivity contribution in [2.75, 3.05) is 6.54 Å². The first-order valence-electron chi connectivity index (χ1n) is 13.5. The third-order valence-corrected chi connectivity index (χ3v) is 9.24. The van der Waals surface area contributed by atoms with Gasteiger partial charge in [0.2, 0.25) is 11.8 Å². The summed E-state index contributed by atoms with van der Waals surface area (Å²) in [7, 11) is -10.1. The van der Waals surface area contributed by atoms with E-state index in [0.717, 1.165) is 12.1 Å². The number of aliphatic hydroxyl groups is 1. The zero-order valence-electron chi connectivity index (χ0n) is 22.8. The second-order valence-corrected chi connectivity index (χ2v) is 14.1. The Balaban J connectivity index is 1.62. The van der Waals surface area contributed by atoms with Crippen LogP contribution in [-0.4, -0.2) is 61.9 Å². The van der Waals surface area contributed by atoms with Gasteiger partial charge >= 0.3 is 10.2 Å². The summed E-state index contributed by atoms with van der Waals surface area (Å²) in [5.41, 5.74) is -0.787. The largest absolute Gasteiger partial charge is 0.389 e. The molecular weight excluding hydrogens is 607 g/mol. The Morgan fingerprint density at radius 1 is 1.05 bits per heavy atom. The quantitative estimate of drug-likeness (QED) is 0.230. The molecule has 1 aliphatic carbocycles. The van der Waals surface area contributed by atoms with E-state index in [0.29, 0.717) is 5.52 Å². The number of alkyl halides is 2. The third kappa shape index (κ3) is 6.80. The standard InChI is InChI=1S/C27H30F7N5O3S/c1-26(42)10-19(36-13-26)24(40)21(15-2-4-17(5-3-15)43(30,31,32,33)34)22(18-11-35-12-20-23(18)38-14-37-20)25(41)39-16-6-8-27(28,29)9-7-16/h2-5,11-12,14,16,19,21-22,36,42H,6-10,13H2,1H3,(H,37,38)(H,39,41). The first-order chi connectivity index (χ1) is 19.7. The van der Waals surface area contributed by atoms with Gasteiger partial charge in [-0.3, -0.25) is 14.6 Å². The Morgan fingerprint density at radius 3 is 2.28 bits per heavy atom. The van der Waals surface area contributed by atoms with E-state index in [1.807, 2.05) is 0 Å². The van der Waals surface area contributed by atoms with Gasteiger partial charge in [-0.15, -0.1) is 0 Å². The van der Waals surface area contributed by atoms with E-state index in [9.17, 15) is 42.9 Å². The maximum absolute atomic E-state index is 14.1.